The van der Waals surface area contributed by atoms with E-state index in [2.05, 4.69) is 40.5 Å². The number of aliphatic carboxylic acids is 1. The first-order valence-electron chi connectivity index (χ1n) is 9.74. The first-order valence-corrected chi connectivity index (χ1v) is 9.74. The number of nitrogens with zero attached hydrogens (tertiary/aromatic N) is 1. The predicted octanol–water partition coefficient (Wildman–Crippen LogP) is 2.58. The fourth-order valence-electron chi connectivity index (χ4n) is 3.67. The third kappa shape index (κ3) is 6.43. The molecule has 9 heteroatoms. The zero-order valence-electron chi connectivity index (χ0n) is 15.9. The van der Waals surface area contributed by atoms with Gasteiger partial charge in [-0.05, 0) is 43.7 Å². The van der Waals surface area contributed by atoms with Gasteiger partial charge in [0.25, 0.3) is 0 Å². The summed E-state index contributed by atoms with van der Waals surface area (Å²) in [7, 11) is 0. The molecule has 29 heavy (non-hydrogen) atoms. The van der Waals surface area contributed by atoms with Crippen molar-refractivity contribution in [1.29, 1.82) is 0 Å². The Labute approximate surface area is 167 Å². The van der Waals surface area contributed by atoms with Gasteiger partial charge in [-0.3, -0.25) is 9.69 Å². The van der Waals surface area contributed by atoms with Crippen LogP contribution in [0.5, 0.6) is 0 Å². The fourth-order valence-corrected chi connectivity index (χ4v) is 3.67. The van der Waals surface area contributed by atoms with E-state index in [4.69, 9.17) is 14.6 Å². The summed E-state index contributed by atoms with van der Waals surface area (Å²) in [4.78, 5) is 23.5. The lowest BCUT2D eigenvalue weighted by molar-refractivity contribution is -0.192. The number of amides is 1. The summed E-state index contributed by atoms with van der Waals surface area (Å²) >= 11 is 0. The van der Waals surface area contributed by atoms with Crippen LogP contribution in [0.3, 0.4) is 0 Å². The lowest BCUT2D eigenvalue weighted by atomic mass is 9.91. The topological polar surface area (TPSA) is 78.9 Å². The van der Waals surface area contributed by atoms with Crippen molar-refractivity contribution >= 4 is 11.9 Å². The van der Waals surface area contributed by atoms with Gasteiger partial charge in [0.05, 0.1) is 6.10 Å². The molecule has 0 unspecified atom stereocenters. The van der Waals surface area contributed by atoms with Crippen LogP contribution in [0.15, 0.2) is 30.3 Å². The number of rotatable bonds is 4. The number of hydrogen-bond donors (Lipinski definition) is 2. The highest BCUT2D eigenvalue weighted by molar-refractivity contribution is 5.81. The maximum absolute atomic E-state index is 12.2. The normalized spacial score (nSPS) is 26.8. The van der Waals surface area contributed by atoms with E-state index in [0.717, 1.165) is 45.3 Å². The summed E-state index contributed by atoms with van der Waals surface area (Å²) in [5.74, 6) is -2.08. The largest absolute Gasteiger partial charge is 0.490 e. The van der Waals surface area contributed by atoms with E-state index < -0.39 is 12.1 Å². The molecule has 3 fully saturated rings. The van der Waals surface area contributed by atoms with Crippen molar-refractivity contribution in [2.75, 3.05) is 13.1 Å². The quantitative estimate of drug-likeness (QED) is 0.792. The number of fused-ring (bicyclic) bond motifs is 1. The number of alkyl halides is 3. The Morgan fingerprint density at radius 1 is 1.17 bits per heavy atom. The number of ether oxygens (including phenoxy) is 1. The van der Waals surface area contributed by atoms with E-state index in [0.29, 0.717) is 12.0 Å². The van der Waals surface area contributed by atoms with Gasteiger partial charge >= 0.3 is 12.1 Å². The lowest BCUT2D eigenvalue weighted by Crippen LogP contribution is -2.42. The van der Waals surface area contributed by atoms with E-state index in [9.17, 15) is 18.0 Å². The van der Waals surface area contributed by atoms with Gasteiger partial charge in [-0.2, -0.15) is 13.2 Å². The molecule has 1 aliphatic carbocycles. The third-order valence-electron chi connectivity index (χ3n) is 5.34. The van der Waals surface area contributed by atoms with Crippen LogP contribution in [0.2, 0.25) is 0 Å². The Morgan fingerprint density at radius 2 is 1.83 bits per heavy atom. The molecule has 160 valence electrons. The maximum atomic E-state index is 12.2. The predicted molar refractivity (Wildman–Crippen MR) is 98.0 cm³/mol. The molecule has 2 aliphatic heterocycles. The summed E-state index contributed by atoms with van der Waals surface area (Å²) in [6.07, 6.45) is -0.751. The van der Waals surface area contributed by atoms with Gasteiger partial charge in [0.15, 0.2) is 0 Å². The monoisotopic (exact) mass is 414 g/mol. The van der Waals surface area contributed by atoms with Crippen LogP contribution < -0.4 is 5.32 Å². The molecule has 1 aromatic carbocycles. The number of carboxylic acids is 1. The molecule has 1 amide bonds. The summed E-state index contributed by atoms with van der Waals surface area (Å²) in [6.45, 7) is 3.04. The lowest BCUT2D eigenvalue weighted by Gasteiger charge is -2.34. The highest BCUT2D eigenvalue weighted by atomic mass is 19.4. The molecular weight excluding hydrogens is 389 g/mol. The second kappa shape index (κ2) is 9.13. The molecule has 4 rings (SSSR count). The number of carbonyl (C=O) groups is 2. The molecule has 2 heterocycles. The smallest absolute Gasteiger partial charge is 0.475 e. The first-order chi connectivity index (χ1) is 13.7. The fraction of sp³-hybridized carbons (Fsp3) is 0.600. The second-order valence-electron chi connectivity index (χ2n) is 7.75. The Hall–Kier alpha value is -2.13. The Balaban J connectivity index is 0.000000298. The zero-order chi connectivity index (χ0) is 21.0. The minimum Gasteiger partial charge on any atom is -0.475 e. The molecular formula is C20H25F3N2O4. The molecule has 3 atom stereocenters. The summed E-state index contributed by atoms with van der Waals surface area (Å²) in [5, 5.41) is 10.2. The van der Waals surface area contributed by atoms with Crippen molar-refractivity contribution in [3.63, 3.8) is 0 Å². The first kappa shape index (κ1) is 21.6. The Bertz CT molecular complexity index is 709. The van der Waals surface area contributed by atoms with Crippen LogP contribution in [-0.2, 0) is 20.9 Å². The highest BCUT2D eigenvalue weighted by Crippen LogP contribution is 2.34. The van der Waals surface area contributed by atoms with Gasteiger partial charge < -0.3 is 15.2 Å². The van der Waals surface area contributed by atoms with E-state index >= 15 is 0 Å². The van der Waals surface area contributed by atoms with Crippen LogP contribution in [0.25, 0.3) is 0 Å². The van der Waals surface area contributed by atoms with Crippen molar-refractivity contribution in [1.82, 2.24) is 10.2 Å². The second-order valence-corrected chi connectivity index (χ2v) is 7.75. The number of carboxylic acid groups (broad SMARTS) is 1. The number of likely N-dealkylation sites (tertiary alicyclic amines) is 1. The third-order valence-corrected chi connectivity index (χ3v) is 5.34. The number of hydrogen-bond acceptors (Lipinski definition) is 4. The molecule has 1 saturated carbocycles. The van der Waals surface area contributed by atoms with Crippen LogP contribution in [0, 0.1) is 5.92 Å². The van der Waals surface area contributed by atoms with Gasteiger partial charge in [0.2, 0.25) is 5.91 Å². The molecule has 0 bridgehead atoms. The van der Waals surface area contributed by atoms with Crippen molar-refractivity contribution < 1.29 is 32.6 Å². The van der Waals surface area contributed by atoms with Gasteiger partial charge in [-0.25, -0.2) is 4.79 Å². The Kier molecular flexibility index (Phi) is 6.79. The molecule has 6 nitrogen and oxygen atoms in total. The number of carbonyl (C=O) groups excluding carboxylic acids is 1. The van der Waals surface area contributed by atoms with Gasteiger partial charge in [-0.1, -0.05) is 30.3 Å². The molecule has 1 aromatic rings. The molecule has 3 aliphatic rings. The molecule has 2 N–H and O–H groups in total. The number of halogens is 3. The van der Waals surface area contributed by atoms with Crippen molar-refractivity contribution in [3.8, 4) is 0 Å². The zero-order valence-corrected chi connectivity index (χ0v) is 15.9. The van der Waals surface area contributed by atoms with E-state index in [1.54, 1.807) is 0 Å². The minimum atomic E-state index is -5.08. The molecule has 2 saturated heterocycles. The van der Waals surface area contributed by atoms with Crippen LogP contribution in [0.4, 0.5) is 13.2 Å². The minimum absolute atomic E-state index is 0.117. The molecule has 0 aromatic heterocycles. The molecule has 0 spiro atoms. The number of nitrogens with one attached hydrogen (secondary N) is 1. The van der Waals surface area contributed by atoms with Gasteiger partial charge in [-0.15, -0.1) is 0 Å². The SMILES string of the molecule is O=C(NC1CC1)[C@H]1C[C@@H]2CCN(Cc3ccccc3)C[C@H]2O1.O=C(O)C(F)(F)F. The maximum Gasteiger partial charge on any atom is 0.490 e. The van der Waals surface area contributed by atoms with Crippen molar-refractivity contribution in [2.45, 2.75) is 56.7 Å². The van der Waals surface area contributed by atoms with Crippen molar-refractivity contribution in [2.24, 2.45) is 5.92 Å². The highest BCUT2D eigenvalue weighted by Gasteiger charge is 2.42. The van der Waals surface area contributed by atoms with Crippen LogP contribution in [-0.4, -0.2) is 59.4 Å². The van der Waals surface area contributed by atoms with E-state index in [-0.39, 0.29) is 18.1 Å². The standard InChI is InChI=1S/C18H24N2O2.C2HF3O2/c21-18(19-15-6-7-15)16-10-14-8-9-20(12-17(14)22-16)11-13-4-2-1-3-5-13;3-2(4,5)1(6)7/h1-5,14-17H,6-12H2,(H,19,21);(H,6,7)/t14-,16+,17+;/m0./s1. The molecule has 0 radical (unpaired) electrons. The average Bonchev–Trinajstić information content (AvgIpc) is 3.37. The summed E-state index contributed by atoms with van der Waals surface area (Å²) < 4.78 is 37.8. The van der Waals surface area contributed by atoms with E-state index in [1.165, 1.54) is 5.56 Å². The summed E-state index contributed by atoms with van der Waals surface area (Å²) in [5.41, 5.74) is 1.35. The van der Waals surface area contributed by atoms with E-state index in [1.807, 2.05) is 0 Å². The van der Waals surface area contributed by atoms with Crippen LogP contribution >= 0.6 is 0 Å². The average molecular weight is 414 g/mol. The van der Waals surface area contributed by atoms with Gasteiger partial charge in [0.1, 0.15) is 6.10 Å². The van der Waals surface area contributed by atoms with Crippen molar-refractivity contribution in [3.05, 3.63) is 35.9 Å². The summed E-state index contributed by atoms with van der Waals surface area (Å²) in [6, 6.07) is 11.0. The Morgan fingerprint density at radius 3 is 2.41 bits per heavy atom. The van der Waals surface area contributed by atoms with Crippen LogP contribution in [0.1, 0.15) is 31.2 Å². The van der Waals surface area contributed by atoms with Gasteiger partial charge in [0, 0.05) is 19.1 Å². The number of piperidine rings is 1. The number of benzene rings is 1.